The predicted octanol–water partition coefficient (Wildman–Crippen LogP) is 1.86. The number of rotatable bonds is 4. The smallest absolute Gasteiger partial charge is 0.306 e. The van der Waals surface area contributed by atoms with Gasteiger partial charge in [0.05, 0.1) is 6.10 Å². The fourth-order valence-corrected chi connectivity index (χ4v) is 7.70. The largest absolute Gasteiger partial charge is 0.455 e. The van der Waals surface area contributed by atoms with Gasteiger partial charge in [-0.15, -0.1) is 0 Å². The summed E-state index contributed by atoms with van der Waals surface area (Å²) >= 11 is 0. The minimum atomic E-state index is -1.71. The molecule has 0 heterocycles. The maximum Gasteiger partial charge on any atom is 0.306 e. The van der Waals surface area contributed by atoms with Gasteiger partial charge in [-0.25, -0.2) is 0 Å². The van der Waals surface area contributed by atoms with Crippen molar-refractivity contribution < 1.29 is 34.4 Å². The summed E-state index contributed by atoms with van der Waals surface area (Å²) < 4.78 is 6.20. The molecule has 0 unspecified atom stereocenters. The number of fused-ring (bicyclic) bond motifs is 5. The topological polar surface area (TPSA) is 121 Å². The van der Waals surface area contributed by atoms with Gasteiger partial charge < -0.3 is 20.1 Å². The van der Waals surface area contributed by atoms with E-state index in [0.29, 0.717) is 32.1 Å². The summed E-state index contributed by atoms with van der Waals surface area (Å²) in [6.45, 7) is 4.79. The van der Waals surface area contributed by atoms with E-state index in [9.17, 15) is 29.7 Å². The summed E-state index contributed by atoms with van der Waals surface area (Å²) in [4.78, 5) is 37.4. The molecule has 0 bridgehead atoms. The molecule has 172 valence electrons. The molecular weight excluding hydrogens is 400 g/mol. The molecule has 0 aliphatic heterocycles. The maximum atomic E-state index is 12.7. The fourth-order valence-electron chi connectivity index (χ4n) is 7.70. The van der Waals surface area contributed by atoms with Crippen LogP contribution in [0.25, 0.3) is 0 Å². The highest BCUT2D eigenvalue weighted by molar-refractivity contribution is 5.92. The Bertz CT molecular complexity index is 849. The molecule has 0 radical (unpaired) electrons. The number of aliphatic hydroxyl groups is 3. The highest BCUT2D eigenvalue weighted by Crippen LogP contribution is 2.70. The lowest BCUT2D eigenvalue weighted by atomic mass is 9.43. The number of ketones is 2. The van der Waals surface area contributed by atoms with E-state index in [-0.39, 0.29) is 36.9 Å². The van der Waals surface area contributed by atoms with Gasteiger partial charge in [-0.1, -0.05) is 26.3 Å². The van der Waals surface area contributed by atoms with Crippen LogP contribution in [0.4, 0.5) is 0 Å². The summed E-state index contributed by atoms with van der Waals surface area (Å²) in [5.41, 5.74) is -3.61. The van der Waals surface area contributed by atoms with Crippen molar-refractivity contribution in [3.63, 3.8) is 0 Å². The minimum Gasteiger partial charge on any atom is -0.455 e. The van der Waals surface area contributed by atoms with Crippen molar-refractivity contribution in [3.05, 3.63) is 11.6 Å². The first-order chi connectivity index (χ1) is 14.5. The number of ether oxygens (including phenoxy) is 1. The molecule has 0 aromatic rings. The molecule has 7 nitrogen and oxygen atoms in total. The Labute approximate surface area is 182 Å². The second-order valence-corrected chi connectivity index (χ2v) is 10.5. The van der Waals surface area contributed by atoms with Crippen molar-refractivity contribution in [2.24, 2.45) is 22.7 Å². The van der Waals surface area contributed by atoms with Crippen molar-refractivity contribution in [1.82, 2.24) is 0 Å². The molecule has 0 saturated heterocycles. The normalized spacial score (nSPS) is 46.5. The van der Waals surface area contributed by atoms with Gasteiger partial charge in [0.15, 0.2) is 11.6 Å². The lowest BCUT2D eigenvalue weighted by molar-refractivity contribution is -0.270. The first-order valence-electron chi connectivity index (χ1n) is 11.5. The van der Waals surface area contributed by atoms with Gasteiger partial charge >= 0.3 is 5.97 Å². The van der Waals surface area contributed by atoms with E-state index in [1.165, 1.54) is 0 Å². The summed E-state index contributed by atoms with van der Waals surface area (Å²) in [6.07, 6.45) is 3.67. The first-order valence-corrected chi connectivity index (χ1v) is 11.5. The van der Waals surface area contributed by atoms with Crippen LogP contribution in [-0.2, 0) is 19.1 Å². The van der Waals surface area contributed by atoms with Gasteiger partial charge in [0, 0.05) is 29.6 Å². The molecule has 3 fully saturated rings. The molecule has 31 heavy (non-hydrogen) atoms. The predicted molar refractivity (Wildman–Crippen MR) is 111 cm³/mol. The summed E-state index contributed by atoms with van der Waals surface area (Å²) in [5, 5.41) is 32.6. The van der Waals surface area contributed by atoms with E-state index in [4.69, 9.17) is 4.74 Å². The quantitative estimate of drug-likeness (QED) is 0.578. The molecule has 4 rings (SSSR count). The number of hydrogen-bond donors (Lipinski definition) is 3. The Morgan fingerprint density at radius 2 is 1.87 bits per heavy atom. The van der Waals surface area contributed by atoms with Gasteiger partial charge in [0.2, 0.25) is 0 Å². The fraction of sp³-hybridized carbons (Fsp3) is 0.792. The average Bonchev–Trinajstić information content (AvgIpc) is 3.00. The van der Waals surface area contributed by atoms with Crippen LogP contribution in [0.1, 0.15) is 72.1 Å². The van der Waals surface area contributed by atoms with Crippen LogP contribution in [0.5, 0.6) is 0 Å². The summed E-state index contributed by atoms with van der Waals surface area (Å²) in [6, 6.07) is 0. The number of carbonyl (C=O) groups is 3. The third kappa shape index (κ3) is 2.72. The zero-order valence-electron chi connectivity index (χ0n) is 18.6. The number of hydrogen-bond acceptors (Lipinski definition) is 7. The molecule has 0 spiro atoms. The Balaban J connectivity index is 1.87. The zero-order chi connectivity index (χ0) is 22.8. The van der Waals surface area contributed by atoms with Crippen LogP contribution in [0, 0.1) is 22.7 Å². The SMILES string of the molecule is CCC(=O)O[C@]12[C@@H](O)C[C@@]3(C)[C@@H](CC[C@]3(O)C(=O)CO)[C@@H]1CCC1=CC(=O)CC[C@@]12C. The Morgan fingerprint density at radius 3 is 2.52 bits per heavy atom. The van der Waals surface area contributed by atoms with Crippen molar-refractivity contribution >= 4 is 17.5 Å². The second kappa shape index (κ2) is 7.22. The van der Waals surface area contributed by atoms with Gasteiger partial charge in [0.25, 0.3) is 0 Å². The Kier molecular flexibility index (Phi) is 5.27. The molecule has 0 aromatic carbocycles. The van der Waals surface area contributed by atoms with E-state index in [1.54, 1.807) is 13.0 Å². The highest BCUT2D eigenvalue weighted by atomic mass is 16.6. The summed E-state index contributed by atoms with van der Waals surface area (Å²) in [7, 11) is 0. The minimum absolute atomic E-state index is 0.0572. The van der Waals surface area contributed by atoms with Gasteiger partial charge in [-0.05, 0) is 50.5 Å². The number of carbonyl (C=O) groups excluding carboxylic acids is 3. The number of Topliss-reactive ketones (excluding diaryl/α,β-unsaturated/α-hetero) is 1. The van der Waals surface area contributed by atoms with E-state index in [0.717, 1.165) is 5.57 Å². The molecule has 3 saturated carbocycles. The molecule has 7 atom stereocenters. The molecule has 7 heteroatoms. The third-order valence-corrected chi connectivity index (χ3v) is 9.41. The molecule has 3 N–H and O–H groups in total. The third-order valence-electron chi connectivity index (χ3n) is 9.41. The Morgan fingerprint density at radius 1 is 1.16 bits per heavy atom. The van der Waals surface area contributed by atoms with Crippen molar-refractivity contribution in [2.45, 2.75) is 89.4 Å². The monoisotopic (exact) mass is 434 g/mol. The van der Waals surface area contributed by atoms with E-state index in [1.807, 2.05) is 13.8 Å². The van der Waals surface area contributed by atoms with Crippen molar-refractivity contribution in [2.75, 3.05) is 6.61 Å². The zero-order valence-corrected chi connectivity index (χ0v) is 18.6. The highest BCUT2D eigenvalue weighted by Gasteiger charge is 2.75. The van der Waals surface area contributed by atoms with Gasteiger partial charge in [-0.3, -0.25) is 14.4 Å². The van der Waals surface area contributed by atoms with E-state index in [2.05, 4.69) is 0 Å². The molecule has 4 aliphatic carbocycles. The molecule has 4 aliphatic rings. The Hall–Kier alpha value is -1.57. The van der Waals surface area contributed by atoms with Crippen LogP contribution < -0.4 is 0 Å². The van der Waals surface area contributed by atoms with E-state index < -0.39 is 46.5 Å². The lowest BCUT2D eigenvalue weighted by Crippen LogP contribution is -2.72. The van der Waals surface area contributed by atoms with Gasteiger partial charge in [-0.2, -0.15) is 0 Å². The number of esters is 1. The molecule has 0 amide bonds. The second-order valence-electron chi connectivity index (χ2n) is 10.5. The maximum absolute atomic E-state index is 12.7. The van der Waals surface area contributed by atoms with Gasteiger partial charge in [0.1, 0.15) is 17.8 Å². The molecular formula is C24H34O7. The van der Waals surface area contributed by atoms with Crippen LogP contribution >= 0.6 is 0 Å². The lowest BCUT2D eigenvalue weighted by Gasteiger charge is -2.66. The average molecular weight is 435 g/mol. The van der Waals surface area contributed by atoms with Crippen LogP contribution in [0.2, 0.25) is 0 Å². The van der Waals surface area contributed by atoms with Crippen molar-refractivity contribution in [1.29, 1.82) is 0 Å². The standard InChI is InChI=1S/C24H34O7/c1-4-20(29)31-24-17(6-5-14-11-15(26)7-9-21(14,24)2)16-8-10-23(30,19(28)13-25)22(16,3)12-18(24)27/h11,16-18,25,27,30H,4-10,12-13H2,1-3H3/t16-,17-,18-,21-,22-,23-,24-/m0/s1. The number of aliphatic hydroxyl groups excluding tert-OH is 2. The van der Waals surface area contributed by atoms with Crippen molar-refractivity contribution in [3.8, 4) is 0 Å². The van der Waals surface area contributed by atoms with E-state index >= 15 is 0 Å². The molecule has 0 aromatic heterocycles. The van der Waals surface area contributed by atoms with Crippen LogP contribution in [0.3, 0.4) is 0 Å². The van der Waals surface area contributed by atoms with Crippen LogP contribution in [-0.4, -0.2) is 56.8 Å². The van der Waals surface area contributed by atoms with Crippen LogP contribution in [0.15, 0.2) is 11.6 Å². The first kappa shape index (κ1) is 22.6. The summed E-state index contributed by atoms with van der Waals surface area (Å²) in [5.74, 6) is -1.37.